The highest BCUT2D eigenvalue weighted by Crippen LogP contribution is 2.28. The topological polar surface area (TPSA) is 87.2 Å². The van der Waals surface area contributed by atoms with Crippen LogP contribution in [0.15, 0.2) is 24.3 Å². The number of hydrogen-bond donors (Lipinski definition) is 1. The maximum atomic E-state index is 13.1. The number of carbonyl (C=O) groups is 3. The van der Waals surface area contributed by atoms with Crippen molar-refractivity contribution in [2.75, 3.05) is 20.2 Å². The molecule has 0 saturated carbocycles. The first-order chi connectivity index (χ1) is 13.5. The second-order valence-corrected chi connectivity index (χ2v) is 7.64. The van der Waals surface area contributed by atoms with Gasteiger partial charge in [-0.05, 0) is 43.4 Å². The number of nitrogens with zero attached hydrogens (tertiary/aromatic N) is 2. The van der Waals surface area contributed by atoms with Crippen LogP contribution in [-0.2, 0) is 20.9 Å². The fraction of sp³-hybridized carbons (Fsp3) is 0.571. The molecule has 7 heteroatoms. The zero-order chi connectivity index (χ0) is 20.1. The predicted molar refractivity (Wildman–Crippen MR) is 103 cm³/mol. The van der Waals surface area contributed by atoms with Gasteiger partial charge in [0.15, 0.2) is 0 Å². The van der Waals surface area contributed by atoms with Crippen molar-refractivity contribution in [1.82, 2.24) is 9.80 Å². The van der Waals surface area contributed by atoms with Gasteiger partial charge in [0.05, 0.1) is 13.0 Å². The van der Waals surface area contributed by atoms with Gasteiger partial charge in [-0.3, -0.25) is 14.4 Å². The van der Waals surface area contributed by atoms with Crippen molar-refractivity contribution in [2.45, 2.75) is 51.1 Å². The molecule has 0 aliphatic carbocycles. The van der Waals surface area contributed by atoms with E-state index in [9.17, 15) is 14.4 Å². The molecule has 2 aliphatic rings. The van der Waals surface area contributed by atoms with E-state index in [0.29, 0.717) is 26.1 Å². The minimum absolute atomic E-state index is 0.000620. The average Bonchev–Trinajstić information content (AvgIpc) is 3.07. The predicted octanol–water partition coefficient (Wildman–Crippen LogP) is 2.29. The largest absolute Gasteiger partial charge is 0.497 e. The summed E-state index contributed by atoms with van der Waals surface area (Å²) in [5, 5.41) is 8.96. The van der Waals surface area contributed by atoms with Crippen molar-refractivity contribution in [3.05, 3.63) is 29.8 Å². The molecule has 2 atom stereocenters. The van der Waals surface area contributed by atoms with Gasteiger partial charge < -0.3 is 19.6 Å². The van der Waals surface area contributed by atoms with Gasteiger partial charge in [0, 0.05) is 38.5 Å². The van der Waals surface area contributed by atoms with E-state index >= 15 is 0 Å². The number of methoxy groups -OCH3 is 1. The number of likely N-dealkylation sites (tertiary alicyclic amines) is 2. The Balaban J connectivity index is 1.60. The van der Waals surface area contributed by atoms with Crippen molar-refractivity contribution in [2.24, 2.45) is 5.92 Å². The number of carbonyl (C=O) groups excluding carboxylic acids is 2. The molecular formula is C21H28N2O5. The van der Waals surface area contributed by atoms with Gasteiger partial charge in [-0.25, -0.2) is 0 Å². The van der Waals surface area contributed by atoms with Crippen molar-refractivity contribution in [3.8, 4) is 5.75 Å². The summed E-state index contributed by atoms with van der Waals surface area (Å²) < 4.78 is 5.15. The van der Waals surface area contributed by atoms with Gasteiger partial charge >= 0.3 is 5.97 Å². The summed E-state index contributed by atoms with van der Waals surface area (Å²) in [4.78, 5) is 40.0. The van der Waals surface area contributed by atoms with Crippen LogP contribution in [0.4, 0.5) is 0 Å². The Morgan fingerprint density at radius 1 is 1.21 bits per heavy atom. The molecule has 0 spiro atoms. The van der Waals surface area contributed by atoms with E-state index in [4.69, 9.17) is 9.84 Å². The van der Waals surface area contributed by atoms with Gasteiger partial charge in [0.1, 0.15) is 5.75 Å². The maximum absolute atomic E-state index is 13.1. The molecule has 2 unspecified atom stereocenters. The van der Waals surface area contributed by atoms with Crippen molar-refractivity contribution in [1.29, 1.82) is 0 Å². The Labute approximate surface area is 165 Å². The first kappa shape index (κ1) is 20.2. The van der Waals surface area contributed by atoms with E-state index in [1.807, 2.05) is 29.2 Å². The molecular weight excluding hydrogens is 360 g/mol. The van der Waals surface area contributed by atoms with Crippen LogP contribution in [0.1, 0.15) is 44.1 Å². The molecule has 2 aliphatic heterocycles. The number of aliphatic carboxylic acids is 1. The number of carboxylic acid groups (broad SMARTS) is 1. The highest BCUT2D eigenvalue weighted by Gasteiger charge is 2.38. The van der Waals surface area contributed by atoms with E-state index in [2.05, 4.69) is 0 Å². The third-order valence-corrected chi connectivity index (χ3v) is 5.70. The van der Waals surface area contributed by atoms with Gasteiger partial charge in [0.25, 0.3) is 0 Å². The van der Waals surface area contributed by atoms with Crippen LogP contribution < -0.4 is 4.74 Å². The van der Waals surface area contributed by atoms with Crippen LogP contribution in [0.3, 0.4) is 0 Å². The van der Waals surface area contributed by atoms with E-state index in [1.54, 1.807) is 12.0 Å². The third kappa shape index (κ3) is 4.82. The first-order valence-electron chi connectivity index (χ1n) is 9.91. The average molecular weight is 388 g/mol. The minimum Gasteiger partial charge on any atom is -0.497 e. The second kappa shape index (κ2) is 9.08. The van der Waals surface area contributed by atoms with Crippen LogP contribution in [0.5, 0.6) is 5.75 Å². The lowest BCUT2D eigenvalue weighted by Gasteiger charge is -2.37. The quantitative estimate of drug-likeness (QED) is 0.774. The standard InChI is InChI=1S/C21H28N2O5/c1-28-18-8-5-15(6-9-18)13-22-14-16(12-19(22)24)21(27)23-11-3-2-4-17(23)7-10-20(25)26/h5-6,8-9,16-17H,2-4,7,10-14H2,1H3,(H,25,26). The van der Waals surface area contributed by atoms with Crippen molar-refractivity contribution in [3.63, 3.8) is 0 Å². The lowest BCUT2D eigenvalue weighted by molar-refractivity contribution is -0.142. The number of piperidine rings is 1. The van der Waals surface area contributed by atoms with E-state index < -0.39 is 5.97 Å². The molecule has 152 valence electrons. The SMILES string of the molecule is COc1ccc(CN2CC(C(=O)N3CCCCC3CCC(=O)O)CC2=O)cc1. The molecule has 0 aromatic heterocycles. The summed E-state index contributed by atoms with van der Waals surface area (Å²) in [6, 6.07) is 7.54. The summed E-state index contributed by atoms with van der Waals surface area (Å²) in [6.07, 6.45) is 3.58. The number of amides is 2. The van der Waals surface area contributed by atoms with Crippen LogP contribution in [0.25, 0.3) is 0 Å². The highest BCUT2D eigenvalue weighted by molar-refractivity contribution is 5.89. The van der Waals surface area contributed by atoms with Gasteiger partial charge in [0.2, 0.25) is 11.8 Å². The Morgan fingerprint density at radius 3 is 2.64 bits per heavy atom. The van der Waals surface area contributed by atoms with Crippen LogP contribution in [0.2, 0.25) is 0 Å². The molecule has 2 saturated heterocycles. The zero-order valence-electron chi connectivity index (χ0n) is 16.3. The lowest BCUT2D eigenvalue weighted by Crippen LogP contribution is -2.47. The number of hydrogen-bond acceptors (Lipinski definition) is 4. The molecule has 0 bridgehead atoms. The smallest absolute Gasteiger partial charge is 0.303 e. The minimum atomic E-state index is -0.834. The highest BCUT2D eigenvalue weighted by atomic mass is 16.5. The Bertz CT molecular complexity index is 718. The summed E-state index contributed by atoms with van der Waals surface area (Å²) in [6.45, 7) is 1.56. The summed E-state index contributed by atoms with van der Waals surface area (Å²) in [5.41, 5.74) is 1.000. The molecule has 3 rings (SSSR count). The number of ether oxygens (including phenoxy) is 1. The lowest BCUT2D eigenvalue weighted by atomic mass is 9.95. The molecule has 2 heterocycles. The molecule has 1 aromatic carbocycles. The molecule has 2 amide bonds. The third-order valence-electron chi connectivity index (χ3n) is 5.70. The maximum Gasteiger partial charge on any atom is 0.303 e. The summed E-state index contributed by atoms with van der Waals surface area (Å²) in [5.74, 6) is -0.410. The van der Waals surface area contributed by atoms with Crippen LogP contribution in [0, 0.1) is 5.92 Å². The fourth-order valence-corrected chi connectivity index (χ4v) is 4.16. The van der Waals surface area contributed by atoms with E-state index in [-0.39, 0.29) is 36.6 Å². The Morgan fingerprint density at radius 2 is 1.96 bits per heavy atom. The van der Waals surface area contributed by atoms with E-state index in [1.165, 1.54) is 0 Å². The molecule has 1 aromatic rings. The second-order valence-electron chi connectivity index (χ2n) is 7.64. The fourth-order valence-electron chi connectivity index (χ4n) is 4.16. The Kier molecular flexibility index (Phi) is 6.54. The normalized spacial score (nSPS) is 22.4. The first-order valence-corrected chi connectivity index (χ1v) is 9.91. The van der Waals surface area contributed by atoms with Crippen molar-refractivity contribution >= 4 is 17.8 Å². The van der Waals surface area contributed by atoms with Gasteiger partial charge in [-0.1, -0.05) is 12.1 Å². The molecule has 0 radical (unpaired) electrons. The summed E-state index contributed by atoms with van der Waals surface area (Å²) >= 11 is 0. The Hall–Kier alpha value is -2.57. The molecule has 2 fully saturated rings. The summed E-state index contributed by atoms with van der Waals surface area (Å²) in [7, 11) is 1.61. The molecule has 28 heavy (non-hydrogen) atoms. The van der Waals surface area contributed by atoms with Crippen LogP contribution >= 0.6 is 0 Å². The number of rotatable bonds is 7. The van der Waals surface area contributed by atoms with Crippen molar-refractivity contribution < 1.29 is 24.2 Å². The number of carboxylic acids is 1. The van der Waals surface area contributed by atoms with E-state index in [0.717, 1.165) is 30.6 Å². The van der Waals surface area contributed by atoms with Gasteiger partial charge in [-0.15, -0.1) is 0 Å². The van der Waals surface area contributed by atoms with Gasteiger partial charge in [-0.2, -0.15) is 0 Å². The number of benzene rings is 1. The zero-order valence-corrected chi connectivity index (χ0v) is 16.3. The molecule has 7 nitrogen and oxygen atoms in total. The molecule has 1 N–H and O–H groups in total. The van der Waals surface area contributed by atoms with Crippen LogP contribution in [-0.4, -0.2) is 58.9 Å². The monoisotopic (exact) mass is 388 g/mol.